The molecule has 3 heteroatoms. The van der Waals surface area contributed by atoms with E-state index in [1.54, 1.807) is 0 Å². The monoisotopic (exact) mass is 208 g/mol. The summed E-state index contributed by atoms with van der Waals surface area (Å²) in [6, 6.07) is 2.34. The van der Waals surface area contributed by atoms with Crippen LogP contribution in [0.25, 0.3) is 11.9 Å². The normalized spacial score (nSPS) is 24.7. The minimum absolute atomic E-state index is 0.104. The molecular formula is C12H17FN2. The predicted octanol–water partition coefficient (Wildman–Crippen LogP) is 0.921. The molecule has 1 saturated heterocycles. The van der Waals surface area contributed by atoms with Crippen molar-refractivity contribution in [3.63, 3.8) is 0 Å². The highest BCUT2D eigenvalue weighted by Crippen LogP contribution is 2.11. The van der Waals surface area contributed by atoms with E-state index in [1.165, 1.54) is 6.92 Å². The highest BCUT2D eigenvalue weighted by molar-refractivity contribution is 5.34. The van der Waals surface area contributed by atoms with Gasteiger partial charge in [-0.1, -0.05) is 6.08 Å². The van der Waals surface area contributed by atoms with Gasteiger partial charge in [-0.25, -0.2) is 4.39 Å². The first kappa shape index (κ1) is 10.4. The third kappa shape index (κ3) is 1.84. The molecule has 1 aliphatic heterocycles. The lowest BCUT2D eigenvalue weighted by Gasteiger charge is -2.11. The quantitative estimate of drug-likeness (QED) is 0.726. The third-order valence-corrected chi connectivity index (χ3v) is 3.03. The lowest BCUT2D eigenvalue weighted by atomic mass is 10.2. The van der Waals surface area contributed by atoms with Gasteiger partial charge >= 0.3 is 0 Å². The van der Waals surface area contributed by atoms with Gasteiger partial charge in [0.1, 0.15) is 5.83 Å². The smallest absolute Gasteiger partial charge is 0.106 e. The maximum atomic E-state index is 13.2. The first-order valence-corrected chi connectivity index (χ1v) is 5.44. The van der Waals surface area contributed by atoms with Crippen LogP contribution in [0.15, 0.2) is 12.3 Å². The molecule has 0 bridgehead atoms. The Morgan fingerprint density at radius 2 is 2.47 bits per heavy atom. The Balaban J connectivity index is 2.55. The zero-order chi connectivity index (χ0) is 10.8. The van der Waals surface area contributed by atoms with Crippen molar-refractivity contribution in [1.29, 1.82) is 0 Å². The number of rotatable bonds is 1. The van der Waals surface area contributed by atoms with Crippen LogP contribution in [0, 0.1) is 0 Å². The molecule has 0 aliphatic carbocycles. The molecule has 2 nitrogen and oxygen atoms in total. The number of hydrogen-bond acceptors (Lipinski definition) is 1. The first-order valence-electron chi connectivity index (χ1n) is 5.44. The summed E-state index contributed by atoms with van der Waals surface area (Å²) in [4.78, 5) is 0. The van der Waals surface area contributed by atoms with Crippen LogP contribution in [0.5, 0.6) is 0 Å². The van der Waals surface area contributed by atoms with E-state index in [1.807, 2.05) is 25.3 Å². The Morgan fingerprint density at radius 3 is 3.00 bits per heavy atom. The van der Waals surface area contributed by atoms with Crippen LogP contribution in [0.4, 0.5) is 4.39 Å². The third-order valence-electron chi connectivity index (χ3n) is 3.03. The Bertz CT molecular complexity index is 448. The van der Waals surface area contributed by atoms with Crippen molar-refractivity contribution in [2.24, 2.45) is 0 Å². The molecular weight excluding hydrogens is 191 g/mol. The maximum Gasteiger partial charge on any atom is 0.106 e. The fourth-order valence-electron chi connectivity index (χ4n) is 2.25. The van der Waals surface area contributed by atoms with Gasteiger partial charge < -0.3 is 9.88 Å². The Hall–Kier alpha value is -1.09. The van der Waals surface area contributed by atoms with Crippen LogP contribution in [0.3, 0.4) is 0 Å². The van der Waals surface area contributed by atoms with Gasteiger partial charge in [0, 0.05) is 29.4 Å². The molecule has 0 aromatic carbocycles. The van der Waals surface area contributed by atoms with Crippen LogP contribution in [-0.2, 0) is 0 Å². The molecule has 1 aromatic heterocycles. The summed E-state index contributed by atoms with van der Waals surface area (Å²) in [6.45, 7) is 5.51. The van der Waals surface area contributed by atoms with Gasteiger partial charge in [-0.05, 0) is 32.9 Å². The molecule has 0 spiro atoms. The van der Waals surface area contributed by atoms with Gasteiger partial charge in [-0.15, -0.1) is 0 Å². The van der Waals surface area contributed by atoms with Gasteiger partial charge in [0.25, 0.3) is 0 Å². The molecule has 0 amide bonds. The summed E-state index contributed by atoms with van der Waals surface area (Å²) in [5, 5.41) is 5.06. The number of hydrogen-bond donors (Lipinski definition) is 1. The number of nitrogens with one attached hydrogen (secondary N) is 1. The molecule has 1 aromatic rings. The molecule has 0 radical (unpaired) electrons. The highest BCUT2D eigenvalue weighted by Gasteiger charge is 2.16. The van der Waals surface area contributed by atoms with Gasteiger partial charge in [0.15, 0.2) is 0 Å². The topological polar surface area (TPSA) is 17.0 Å². The minimum Gasteiger partial charge on any atom is -0.343 e. The standard InChI is InChI=1S/C12H17FN2/c1-3-12-11(9(2)13)5-7-15(12)10-4-6-14-8-10/h3,5,7,10,14H,4,6,8H2,1-2H3/b11-9+,12-3+. The van der Waals surface area contributed by atoms with E-state index in [2.05, 4.69) is 9.88 Å². The van der Waals surface area contributed by atoms with Crippen molar-refractivity contribution in [2.45, 2.75) is 26.3 Å². The molecule has 1 aliphatic rings. The lowest BCUT2D eigenvalue weighted by Crippen LogP contribution is -2.32. The molecule has 82 valence electrons. The largest absolute Gasteiger partial charge is 0.343 e. The van der Waals surface area contributed by atoms with E-state index in [4.69, 9.17) is 0 Å². The fourth-order valence-corrected chi connectivity index (χ4v) is 2.25. The molecule has 0 saturated carbocycles. The summed E-state index contributed by atoms with van der Waals surface area (Å²) in [5.41, 5.74) is 0. The average Bonchev–Trinajstić information content (AvgIpc) is 2.85. The van der Waals surface area contributed by atoms with E-state index in [9.17, 15) is 4.39 Å². The van der Waals surface area contributed by atoms with Crippen molar-refractivity contribution >= 4 is 11.9 Å². The lowest BCUT2D eigenvalue weighted by molar-refractivity contribution is 0.536. The van der Waals surface area contributed by atoms with Crippen molar-refractivity contribution in [2.75, 3.05) is 13.1 Å². The summed E-state index contributed by atoms with van der Waals surface area (Å²) in [7, 11) is 0. The fraction of sp³-hybridized carbons (Fsp3) is 0.500. The van der Waals surface area contributed by atoms with Gasteiger partial charge in [0.05, 0.1) is 0 Å². The molecule has 1 N–H and O–H groups in total. The van der Waals surface area contributed by atoms with Crippen LogP contribution in [0.2, 0.25) is 0 Å². The van der Waals surface area contributed by atoms with Crippen LogP contribution < -0.4 is 15.9 Å². The predicted molar refractivity (Wildman–Crippen MR) is 60.5 cm³/mol. The zero-order valence-electron chi connectivity index (χ0n) is 9.26. The minimum atomic E-state index is -0.104. The highest BCUT2D eigenvalue weighted by atomic mass is 19.1. The van der Waals surface area contributed by atoms with Crippen LogP contribution in [0.1, 0.15) is 26.3 Å². The van der Waals surface area contributed by atoms with Gasteiger partial charge in [-0.2, -0.15) is 0 Å². The molecule has 1 unspecified atom stereocenters. The summed E-state index contributed by atoms with van der Waals surface area (Å²) in [5.74, 6) is -0.104. The zero-order valence-corrected chi connectivity index (χ0v) is 9.26. The summed E-state index contributed by atoms with van der Waals surface area (Å²) < 4.78 is 15.4. The molecule has 15 heavy (non-hydrogen) atoms. The summed E-state index contributed by atoms with van der Waals surface area (Å²) in [6.07, 6.45) is 5.10. The first-order chi connectivity index (χ1) is 7.24. The van der Waals surface area contributed by atoms with E-state index in [0.29, 0.717) is 6.04 Å². The van der Waals surface area contributed by atoms with E-state index < -0.39 is 0 Å². The maximum absolute atomic E-state index is 13.2. The second-order valence-electron chi connectivity index (χ2n) is 3.99. The van der Waals surface area contributed by atoms with E-state index >= 15 is 0 Å². The number of aromatic nitrogens is 1. The second kappa shape index (κ2) is 4.19. The second-order valence-corrected chi connectivity index (χ2v) is 3.99. The van der Waals surface area contributed by atoms with Crippen LogP contribution in [-0.4, -0.2) is 17.7 Å². The van der Waals surface area contributed by atoms with Crippen LogP contribution >= 0.6 is 0 Å². The van der Waals surface area contributed by atoms with Crippen molar-refractivity contribution in [1.82, 2.24) is 9.88 Å². The Kier molecular flexibility index (Phi) is 2.91. The van der Waals surface area contributed by atoms with Gasteiger partial charge in [0.2, 0.25) is 0 Å². The van der Waals surface area contributed by atoms with Crippen molar-refractivity contribution in [3.8, 4) is 0 Å². The SMILES string of the molecule is C/C=c1\c(=C(/C)F)ccn1C1CCNC1. The number of halogens is 1. The Morgan fingerprint density at radius 1 is 1.67 bits per heavy atom. The van der Waals surface area contributed by atoms with Crippen molar-refractivity contribution < 1.29 is 4.39 Å². The van der Waals surface area contributed by atoms with E-state index in [-0.39, 0.29) is 5.83 Å². The average molecular weight is 208 g/mol. The summed E-state index contributed by atoms with van der Waals surface area (Å²) >= 11 is 0. The molecule has 2 rings (SSSR count). The Labute approximate surface area is 89.1 Å². The number of nitrogens with zero attached hydrogens (tertiary/aromatic N) is 1. The molecule has 1 fully saturated rings. The van der Waals surface area contributed by atoms with E-state index in [0.717, 1.165) is 30.1 Å². The molecule has 2 heterocycles. The van der Waals surface area contributed by atoms with Gasteiger partial charge in [-0.3, -0.25) is 0 Å². The molecule has 1 atom stereocenters. The van der Waals surface area contributed by atoms with Crippen molar-refractivity contribution in [3.05, 3.63) is 22.8 Å².